The molecule has 1 amide bonds. The zero-order valence-electron chi connectivity index (χ0n) is 14.7. The number of amides is 1. The smallest absolute Gasteiger partial charge is 0.291 e. The number of furan rings is 1. The zero-order chi connectivity index (χ0) is 20.1. The molecule has 0 spiro atoms. The van der Waals surface area contributed by atoms with Gasteiger partial charge in [0.15, 0.2) is 5.76 Å². The van der Waals surface area contributed by atoms with Crippen molar-refractivity contribution in [1.29, 1.82) is 0 Å². The average Bonchev–Trinajstić information content (AvgIpc) is 3.17. The van der Waals surface area contributed by atoms with Crippen LogP contribution in [-0.2, 0) is 6.61 Å². The van der Waals surface area contributed by atoms with E-state index in [2.05, 4.69) is 5.32 Å². The Hall–Kier alpha value is -4.01. The van der Waals surface area contributed by atoms with E-state index in [0.29, 0.717) is 17.3 Å². The number of non-ortho nitro benzene ring substituents is 1. The van der Waals surface area contributed by atoms with Crippen LogP contribution in [0.5, 0.6) is 17.2 Å². The van der Waals surface area contributed by atoms with E-state index in [1.54, 1.807) is 37.4 Å². The number of aromatic hydroxyl groups is 1. The van der Waals surface area contributed by atoms with Crippen LogP contribution < -0.4 is 14.8 Å². The lowest BCUT2D eigenvalue weighted by atomic mass is 10.2. The lowest BCUT2D eigenvalue weighted by Crippen LogP contribution is -2.11. The van der Waals surface area contributed by atoms with Crippen molar-refractivity contribution in [3.05, 3.63) is 76.2 Å². The van der Waals surface area contributed by atoms with Crippen molar-refractivity contribution in [2.24, 2.45) is 0 Å². The summed E-state index contributed by atoms with van der Waals surface area (Å²) in [6.07, 6.45) is 0. The SMILES string of the molecule is COc1ccc(OCc2ccc(C(=O)Nc3ccc([N+](=O)[O-])cc3O)o2)cc1. The average molecular weight is 384 g/mol. The monoisotopic (exact) mass is 384 g/mol. The predicted molar refractivity (Wildman–Crippen MR) is 98.7 cm³/mol. The number of ether oxygens (including phenoxy) is 2. The Labute approximate surface area is 159 Å². The van der Waals surface area contributed by atoms with Gasteiger partial charge in [0, 0.05) is 6.07 Å². The minimum atomic E-state index is -0.646. The molecule has 0 bridgehead atoms. The molecule has 0 radical (unpaired) electrons. The third-order valence-corrected chi connectivity index (χ3v) is 3.77. The van der Waals surface area contributed by atoms with Gasteiger partial charge in [-0.2, -0.15) is 0 Å². The normalized spacial score (nSPS) is 10.3. The summed E-state index contributed by atoms with van der Waals surface area (Å²) in [6.45, 7) is 0.113. The Bertz CT molecular complexity index is 996. The minimum absolute atomic E-state index is 0.00563. The van der Waals surface area contributed by atoms with Crippen LogP contribution in [-0.4, -0.2) is 23.0 Å². The van der Waals surface area contributed by atoms with Gasteiger partial charge < -0.3 is 24.3 Å². The number of phenolic OH excluding ortho intramolecular Hbond substituents is 1. The molecular formula is C19H16N2O7. The summed E-state index contributed by atoms with van der Waals surface area (Å²) in [4.78, 5) is 22.3. The summed E-state index contributed by atoms with van der Waals surface area (Å²) in [6, 6.07) is 13.4. The van der Waals surface area contributed by atoms with E-state index in [4.69, 9.17) is 13.9 Å². The first-order chi connectivity index (χ1) is 13.5. The molecule has 1 aromatic heterocycles. The molecule has 2 aromatic carbocycles. The second-order valence-corrected chi connectivity index (χ2v) is 5.64. The van der Waals surface area contributed by atoms with Crippen LogP contribution in [0.15, 0.2) is 59.0 Å². The van der Waals surface area contributed by atoms with Gasteiger partial charge in [-0.3, -0.25) is 14.9 Å². The van der Waals surface area contributed by atoms with Gasteiger partial charge in [0.2, 0.25) is 0 Å². The number of carbonyl (C=O) groups is 1. The first-order valence-corrected chi connectivity index (χ1v) is 8.10. The summed E-state index contributed by atoms with van der Waals surface area (Å²) in [7, 11) is 1.57. The van der Waals surface area contributed by atoms with Crippen LogP contribution in [0.25, 0.3) is 0 Å². The Balaban J connectivity index is 1.61. The number of methoxy groups -OCH3 is 1. The molecule has 3 aromatic rings. The van der Waals surface area contributed by atoms with Gasteiger partial charge in [0.1, 0.15) is 29.6 Å². The van der Waals surface area contributed by atoms with Crippen molar-refractivity contribution in [3.63, 3.8) is 0 Å². The number of carbonyl (C=O) groups excluding carboxylic acids is 1. The summed E-state index contributed by atoms with van der Waals surface area (Å²) < 4.78 is 16.1. The van der Waals surface area contributed by atoms with Gasteiger partial charge in [-0.1, -0.05) is 0 Å². The summed E-state index contributed by atoms with van der Waals surface area (Å²) in [5.74, 6) is 0.717. The first kappa shape index (κ1) is 18.8. The predicted octanol–water partition coefficient (Wildman–Crippen LogP) is 3.73. The quantitative estimate of drug-likeness (QED) is 0.361. The van der Waals surface area contributed by atoms with Gasteiger partial charge in [-0.25, -0.2) is 0 Å². The first-order valence-electron chi connectivity index (χ1n) is 8.10. The van der Waals surface area contributed by atoms with Crippen LogP contribution in [0.2, 0.25) is 0 Å². The van der Waals surface area contributed by atoms with E-state index in [1.165, 1.54) is 18.2 Å². The van der Waals surface area contributed by atoms with E-state index in [0.717, 1.165) is 6.07 Å². The molecule has 0 unspecified atom stereocenters. The molecule has 28 heavy (non-hydrogen) atoms. The number of benzene rings is 2. The van der Waals surface area contributed by atoms with Crippen LogP contribution in [0.3, 0.4) is 0 Å². The molecule has 0 fully saturated rings. The maximum atomic E-state index is 12.2. The molecule has 0 aliphatic carbocycles. The molecule has 0 saturated carbocycles. The van der Waals surface area contributed by atoms with Crippen LogP contribution in [0, 0.1) is 10.1 Å². The molecule has 3 rings (SSSR count). The minimum Gasteiger partial charge on any atom is -0.506 e. The fraction of sp³-hybridized carbons (Fsp3) is 0.105. The summed E-state index contributed by atoms with van der Waals surface area (Å²) >= 11 is 0. The van der Waals surface area contributed by atoms with Gasteiger partial charge in [-0.05, 0) is 42.5 Å². The summed E-state index contributed by atoms with van der Waals surface area (Å²) in [5, 5.41) is 22.9. The van der Waals surface area contributed by atoms with E-state index < -0.39 is 16.6 Å². The molecule has 1 heterocycles. The highest BCUT2D eigenvalue weighted by molar-refractivity contribution is 6.03. The van der Waals surface area contributed by atoms with Crippen molar-refractivity contribution >= 4 is 17.3 Å². The van der Waals surface area contributed by atoms with Crippen molar-refractivity contribution in [1.82, 2.24) is 0 Å². The highest BCUT2D eigenvalue weighted by atomic mass is 16.6. The number of anilines is 1. The number of nitro benzene ring substituents is 1. The van der Waals surface area contributed by atoms with E-state index in [9.17, 15) is 20.0 Å². The lowest BCUT2D eigenvalue weighted by Gasteiger charge is -2.06. The Morgan fingerprint density at radius 3 is 2.50 bits per heavy atom. The number of hydrogen-bond acceptors (Lipinski definition) is 7. The topological polar surface area (TPSA) is 124 Å². The number of phenols is 1. The van der Waals surface area contributed by atoms with Gasteiger partial charge >= 0.3 is 0 Å². The van der Waals surface area contributed by atoms with E-state index >= 15 is 0 Å². The third kappa shape index (κ3) is 4.39. The Morgan fingerprint density at radius 2 is 1.86 bits per heavy atom. The molecular weight excluding hydrogens is 368 g/mol. The van der Waals surface area contributed by atoms with Gasteiger partial charge in [-0.15, -0.1) is 0 Å². The highest BCUT2D eigenvalue weighted by Crippen LogP contribution is 2.28. The van der Waals surface area contributed by atoms with Crippen molar-refractivity contribution in [3.8, 4) is 17.2 Å². The van der Waals surface area contributed by atoms with Crippen LogP contribution in [0.1, 0.15) is 16.3 Å². The molecule has 0 aliphatic heterocycles. The van der Waals surface area contributed by atoms with Crippen molar-refractivity contribution in [2.45, 2.75) is 6.61 Å². The maximum absolute atomic E-state index is 12.2. The number of nitrogens with zero attached hydrogens (tertiary/aromatic N) is 1. The second kappa shape index (κ2) is 8.12. The second-order valence-electron chi connectivity index (χ2n) is 5.64. The van der Waals surface area contributed by atoms with E-state index in [1.807, 2.05) is 0 Å². The highest BCUT2D eigenvalue weighted by Gasteiger charge is 2.16. The lowest BCUT2D eigenvalue weighted by molar-refractivity contribution is -0.384. The molecule has 0 aliphatic rings. The molecule has 9 nitrogen and oxygen atoms in total. The molecule has 144 valence electrons. The Kier molecular flexibility index (Phi) is 5.45. The Morgan fingerprint density at radius 1 is 1.14 bits per heavy atom. The summed E-state index contributed by atoms with van der Waals surface area (Å²) in [5.41, 5.74) is -0.255. The fourth-order valence-electron chi connectivity index (χ4n) is 2.33. The standard InChI is InChI=1S/C19H16N2O7/c1-26-13-3-5-14(6-4-13)27-11-15-7-9-18(28-15)19(23)20-16-8-2-12(21(24)25)10-17(16)22/h2-10,22H,11H2,1H3,(H,20,23). The van der Waals surface area contributed by atoms with Crippen LogP contribution in [0.4, 0.5) is 11.4 Å². The largest absolute Gasteiger partial charge is 0.506 e. The van der Waals surface area contributed by atoms with Gasteiger partial charge in [0.05, 0.1) is 23.8 Å². The molecule has 0 atom stereocenters. The van der Waals surface area contributed by atoms with Crippen molar-refractivity contribution in [2.75, 3.05) is 12.4 Å². The zero-order valence-corrected chi connectivity index (χ0v) is 14.7. The third-order valence-electron chi connectivity index (χ3n) is 3.77. The number of rotatable bonds is 7. The van der Waals surface area contributed by atoms with Gasteiger partial charge in [0.25, 0.3) is 11.6 Å². The number of hydrogen-bond donors (Lipinski definition) is 2. The van der Waals surface area contributed by atoms with Crippen molar-refractivity contribution < 1.29 is 28.7 Å². The maximum Gasteiger partial charge on any atom is 0.291 e. The number of nitrogens with one attached hydrogen (secondary N) is 1. The molecule has 0 saturated heterocycles. The molecule has 2 N–H and O–H groups in total. The van der Waals surface area contributed by atoms with E-state index in [-0.39, 0.29) is 23.7 Å². The fourth-order valence-corrected chi connectivity index (χ4v) is 2.33. The number of nitro groups is 1. The molecule has 9 heteroatoms. The van der Waals surface area contributed by atoms with Crippen LogP contribution >= 0.6 is 0 Å².